The number of ether oxygens (including phenoxy) is 5. The number of fused-ring (bicyclic) bond motifs is 1. The van der Waals surface area contributed by atoms with Crippen molar-refractivity contribution in [2.75, 3.05) is 35.5 Å². The van der Waals surface area contributed by atoms with Crippen molar-refractivity contribution in [3.8, 4) is 62.3 Å². The normalized spacial score (nSPS) is 10.9. The molecule has 0 amide bonds. The Morgan fingerprint density at radius 2 is 1.23 bits per heavy atom. The lowest BCUT2D eigenvalue weighted by molar-refractivity contribution is 0.327. The lowest BCUT2D eigenvalue weighted by Crippen LogP contribution is -1.99. The summed E-state index contributed by atoms with van der Waals surface area (Å²) in [4.78, 5) is 4.94. The molecule has 0 atom stereocenters. The van der Waals surface area contributed by atoms with E-state index in [1.54, 1.807) is 47.7 Å². The fraction of sp³-hybridized carbons (Fsp3) is 0.182. The second-order valence-corrected chi connectivity index (χ2v) is 9.18. The Bertz CT molecular complexity index is 1700. The van der Waals surface area contributed by atoms with E-state index in [0.29, 0.717) is 28.7 Å². The second kappa shape index (κ2) is 11.1. The first-order chi connectivity index (χ1) is 19.4. The van der Waals surface area contributed by atoms with Gasteiger partial charge in [-0.2, -0.15) is 0 Å². The summed E-state index contributed by atoms with van der Waals surface area (Å²) in [6, 6.07) is 22.3. The highest BCUT2D eigenvalue weighted by Gasteiger charge is 2.21. The van der Waals surface area contributed by atoms with Gasteiger partial charge in [0, 0.05) is 22.2 Å². The molecular formula is C33H30FNO5. The number of hydrogen-bond acceptors (Lipinski definition) is 6. The van der Waals surface area contributed by atoms with Crippen molar-refractivity contribution in [3.63, 3.8) is 0 Å². The summed E-state index contributed by atoms with van der Waals surface area (Å²) >= 11 is 0. The largest absolute Gasteiger partial charge is 0.493 e. The summed E-state index contributed by atoms with van der Waals surface area (Å²) in [6.07, 6.45) is 0. The summed E-state index contributed by atoms with van der Waals surface area (Å²) in [5, 5.41) is 1.74. The van der Waals surface area contributed by atoms with Gasteiger partial charge in [-0.25, -0.2) is 4.39 Å². The Hall–Kier alpha value is -4.78. The topological polar surface area (TPSA) is 59.0 Å². The molecule has 0 aliphatic carbocycles. The van der Waals surface area contributed by atoms with Gasteiger partial charge in [-0.3, -0.25) is 4.98 Å². The molecule has 0 spiro atoms. The molecule has 0 saturated carbocycles. The Morgan fingerprint density at radius 1 is 0.575 bits per heavy atom. The van der Waals surface area contributed by atoms with Crippen LogP contribution in [0.2, 0.25) is 0 Å². The zero-order chi connectivity index (χ0) is 28.4. The minimum Gasteiger partial charge on any atom is -0.493 e. The fourth-order valence-electron chi connectivity index (χ4n) is 5.06. The maximum atomic E-state index is 13.5. The molecule has 0 bridgehead atoms. The molecule has 204 valence electrons. The van der Waals surface area contributed by atoms with Crippen LogP contribution in [-0.2, 0) is 0 Å². The minimum absolute atomic E-state index is 0.272. The van der Waals surface area contributed by atoms with Crippen molar-refractivity contribution >= 4 is 10.8 Å². The lowest BCUT2D eigenvalue weighted by atomic mass is 9.95. The summed E-state index contributed by atoms with van der Waals surface area (Å²) in [6.45, 7) is 1.94. The van der Waals surface area contributed by atoms with E-state index in [4.69, 9.17) is 28.7 Å². The molecule has 40 heavy (non-hydrogen) atoms. The molecule has 0 aliphatic heterocycles. The van der Waals surface area contributed by atoms with Crippen LogP contribution in [0.3, 0.4) is 0 Å². The lowest BCUT2D eigenvalue weighted by Gasteiger charge is -2.18. The third kappa shape index (κ3) is 4.75. The third-order valence-electron chi connectivity index (χ3n) is 6.93. The van der Waals surface area contributed by atoms with Crippen molar-refractivity contribution in [1.82, 2.24) is 4.98 Å². The molecule has 0 aliphatic rings. The van der Waals surface area contributed by atoms with Crippen LogP contribution in [0.15, 0.2) is 72.8 Å². The molecule has 6 nitrogen and oxygen atoms in total. The third-order valence-corrected chi connectivity index (χ3v) is 6.93. The van der Waals surface area contributed by atoms with Gasteiger partial charge in [-0.05, 0) is 71.5 Å². The number of aryl methyl sites for hydroxylation is 1. The molecule has 0 fully saturated rings. The van der Waals surface area contributed by atoms with Crippen LogP contribution in [0.1, 0.15) is 5.69 Å². The summed E-state index contributed by atoms with van der Waals surface area (Å²) in [7, 11) is 8.01. The molecular weight excluding hydrogens is 509 g/mol. The molecule has 0 N–H and O–H groups in total. The molecule has 0 radical (unpaired) electrons. The maximum absolute atomic E-state index is 13.5. The molecule has 1 heterocycles. The van der Waals surface area contributed by atoms with Crippen LogP contribution >= 0.6 is 0 Å². The predicted molar refractivity (Wildman–Crippen MR) is 156 cm³/mol. The van der Waals surface area contributed by atoms with Gasteiger partial charge in [0.2, 0.25) is 5.75 Å². The van der Waals surface area contributed by atoms with Crippen LogP contribution in [0.4, 0.5) is 4.39 Å². The molecule has 7 heteroatoms. The van der Waals surface area contributed by atoms with Crippen molar-refractivity contribution < 1.29 is 28.1 Å². The first-order valence-electron chi connectivity index (χ1n) is 12.7. The van der Waals surface area contributed by atoms with E-state index in [1.807, 2.05) is 49.4 Å². The van der Waals surface area contributed by atoms with Crippen molar-refractivity contribution in [3.05, 3.63) is 84.3 Å². The highest BCUT2D eigenvalue weighted by atomic mass is 19.1. The van der Waals surface area contributed by atoms with Gasteiger partial charge in [0.15, 0.2) is 23.0 Å². The van der Waals surface area contributed by atoms with Gasteiger partial charge >= 0.3 is 0 Å². The zero-order valence-electron chi connectivity index (χ0n) is 23.3. The van der Waals surface area contributed by atoms with Crippen LogP contribution in [0, 0.1) is 12.7 Å². The van der Waals surface area contributed by atoms with E-state index in [0.717, 1.165) is 50.0 Å². The van der Waals surface area contributed by atoms with Crippen LogP contribution in [-0.4, -0.2) is 40.5 Å². The smallest absolute Gasteiger partial charge is 0.204 e. The van der Waals surface area contributed by atoms with Crippen LogP contribution in [0.5, 0.6) is 28.7 Å². The highest BCUT2D eigenvalue weighted by Crippen LogP contribution is 2.46. The SMILES string of the molecule is COc1cc(-c2cc3cc(OC)c(OC)c(OC)c3c(C)n2)cc(-c2cccc(-c3ccc(F)cc3)c2)c1OC. The van der Waals surface area contributed by atoms with E-state index >= 15 is 0 Å². The van der Waals surface area contributed by atoms with E-state index in [2.05, 4.69) is 6.07 Å². The van der Waals surface area contributed by atoms with E-state index in [-0.39, 0.29) is 5.82 Å². The number of benzene rings is 4. The highest BCUT2D eigenvalue weighted by molar-refractivity contribution is 5.97. The van der Waals surface area contributed by atoms with Crippen molar-refractivity contribution in [2.45, 2.75) is 6.92 Å². The molecule has 4 aromatic carbocycles. The van der Waals surface area contributed by atoms with E-state index < -0.39 is 0 Å². The first kappa shape index (κ1) is 26.8. The van der Waals surface area contributed by atoms with E-state index in [1.165, 1.54) is 12.1 Å². The Balaban J connectivity index is 1.71. The number of methoxy groups -OCH3 is 5. The molecule has 5 aromatic rings. The second-order valence-electron chi connectivity index (χ2n) is 9.18. The standard InChI is InChI=1S/C33H30FNO5/c1-19-30-24(18-29(37-3)32(39-5)33(30)40-6)16-27(35-19)23-15-26(31(38-4)28(17-23)36-2)22-9-7-8-21(14-22)20-10-12-25(34)13-11-20/h7-18H,1-6H3. The van der Waals surface area contributed by atoms with Crippen molar-refractivity contribution in [2.24, 2.45) is 0 Å². The predicted octanol–water partition coefficient (Wildman–Crippen LogP) is 7.73. The molecule has 0 unspecified atom stereocenters. The van der Waals surface area contributed by atoms with Gasteiger partial charge in [-0.15, -0.1) is 0 Å². The Labute approximate surface area is 232 Å². The average molecular weight is 540 g/mol. The number of pyridine rings is 1. The number of halogens is 1. The van der Waals surface area contributed by atoms with Gasteiger partial charge in [-0.1, -0.05) is 30.3 Å². The number of aromatic nitrogens is 1. The number of nitrogens with zero attached hydrogens (tertiary/aromatic N) is 1. The zero-order valence-corrected chi connectivity index (χ0v) is 23.3. The van der Waals surface area contributed by atoms with Crippen molar-refractivity contribution in [1.29, 1.82) is 0 Å². The average Bonchev–Trinajstić information content (AvgIpc) is 2.99. The number of rotatable bonds is 8. The van der Waals surface area contributed by atoms with Gasteiger partial charge in [0.05, 0.1) is 41.2 Å². The summed E-state index contributed by atoms with van der Waals surface area (Å²) in [5.74, 6) is 2.56. The van der Waals surface area contributed by atoms with Crippen LogP contribution < -0.4 is 23.7 Å². The van der Waals surface area contributed by atoms with Crippen LogP contribution in [0.25, 0.3) is 44.3 Å². The Morgan fingerprint density at radius 3 is 1.88 bits per heavy atom. The molecule has 1 aromatic heterocycles. The molecule has 5 rings (SSSR count). The fourth-order valence-corrected chi connectivity index (χ4v) is 5.06. The maximum Gasteiger partial charge on any atom is 0.204 e. The van der Waals surface area contributed by atoms with Gasteiger partial charge < -0.3 is 23.7 Å². The first-order valence-corrected chi connectivity index (χ1v) is 12.7. The summed E-state index contributed by atoms with van der Waals surface area (Å²) < 4.78 is 42.0. The monoisotopic (exact) mass is 539 g/mol. The van der Waals surface area contributed by atoms with E-state index in [9.17, 15) is 4.39 Å². The van der Waals surface area contributed by atoms with Gasteiger partial charge in [0.1, 0.15) is 5.82 Å². The molecule has 0 saturated heterocycles. The summed E-state index contributed by atoms with van der Waals surface area (Å²) in [5.41, 5.74) is 6.00. The minimum atomic E-state index is -0.272. The van der Waals surface area contributed by atoms with Gasteiger partial charge in [0.25, 0.3) is 0 Å². The Kier molecular flexibility index (Phi) is 7.47. The number of hydrogen-bond donors (Lipinski definition) is 0. The quantitative estimate of drug-likeness (QED) is 0.201.